The van der Waals surface area contributed by atoms with Crippen molar-refractivity contribution in [2.45, 2.75) is 79.2 Å². The minimum absolute atomic E-state index is 0.0655. The molecule has 1 rings (SSSR count). The average molecular weight is 499 g/mol. The Morgan fingerprint density at radius 2 is 1.47 bits per heavy atom. The summed E-state index contributed by atoms with van der Waals surface area (Å²) in [7, 11) is -0.898. The highest BCUT2D eigenvalue weighted by Crippen LogP contribution is 2.26. The number of benzene rings is 1. The van der Waals surface area contributed by atoms with Crippen LogP contribution >= 0.6 is 0 Å². The number of carbonyl (C=O) groups excluding carboxylic acids is 1. The van der Waals surface area contributed by atoms with E-state index in [0.717, 1.165) is 18.0 Å². The van der Waals surface area contributed by atoms with E-state index >= 15 is 0 Å². The quantitative estimate of drug-likeness (QED) is 0.116. The lowest BCUT2D eigenvalue weighted by atomic mass is 10.1. The van der Waals surface area contributed by atoms with Gasteiger partial charge in [0.2, 0.25) is 0 Å². The molecule has 0 fully saturated rings. The minimum atomic E-state index is -2.36. The van der Waals surface area contributed by atoms with Gasteiger partial charge in [0.05, 0.1) is 13.7 Å². The summed E-state index contributed by atoms with van der Waals surface area (Å²) in [6.45, 7) is 12.4. The van der Waals surface area contributed by atoms with Crippen LogP contribution in [0, 0.1) is 0 Å². The maximum atomic E-state index is 11.0. The Kier molecular flexibility index (Phi) is 19.4. The van der Waals surface area contributed by atoms with Crippen molar-refractivity contribution in [1.29, 1.82) is 0 Å². The predicted molar refractivity (Wildman–Crippen MR) is 139 cm³/mol. The molecule has 7 nitrogen and oxygen atoms in total. The number of carbonyl (C=O) groups is 1. The lowest BCUT2D eigenvalue weighted by molar-refractivity contribution is -0.137. The second kappa shape index (κ2) is 20.5. The highest BCUT2D eigenvalue weighted by Gasteiger charge is 2.39. The van der Waals surface area contributed by atoms with Gasteiger partial charge in [-0.2, -0.15) is 0 Å². The van der Waals surface area contributed by atoms with Gasteiger partial charge in [-0.1, -0.05) is 45.1 Å². The Hall–Kier alpha value is -1.87. The van der Waals surface area contributed by atoms with Crippen LogP contribution in [0.2, 0.25) is 6.04 Å². The zero-order valence-electron chi connectivity index (χ0n) is 22.1. The molecule has 1 aromatic rings. The number of aromatic hydroxyl groups is 1. The van der Waals surface area contributed by atoms with Crippen molar-refractivity contribution < 1.29 is 32.7 Å². The fraction of sp³-hybridized carbons (Fsp3) is 0.654. The van der Waals surface area contributed by atoms with Gasteiger partial charge < -0.3 is 27.9 Å². The smallest absolute Gasteiger partial charge is 0.500 e. The SMILES string of the molecule is CCCCCCCC[Si](OCC)(OCC)OCC.CCOC(=O)C=Cc1ccc(O)c(OC)c1. The van der Waals surface area contributed by atoms with Crippen molar-refractivity contribution in [2.75, 3.05) is 33.5 Å². The van der Waals surface area contributed by atoms with Gasteiger partial charge in [-0.15, -0.1) is 0 Å². The molecule has 0 spiro atoms. The van der Waals surface area contributed by atoms with Crippen LogP contribution in [0.1, 0.15) is 78.7 Å². The molecule has 0 heterocycles. The van der Waals surface area contributed by atoms with Crippen LogP contribution in [-0.2, 0) is 22.8 Å². The van der Waals surface area contributed by atoms with E-state index in [0.29, 0.717) is 32.2 Å². The number of phenols is 1. The molecule has 0 amide bonds. The maximum absolute atomic E-state index is 11.0. The molecule has 1 aromatic carbocycles. The summed E-state index contributed by atoms with van der Waals surface area (Å²) in [5, 5.41) is 9.36. The summed E-state index contributed by atoms with van der Waals surface area (Å²) >= 11 is 0. The van der Waals surface area contributed by atoms with Crippen LogP contribution in [0.15, 0.2) is 24.3 Å². The molecule has 0 aliphatic heterocycles. The highest BCUT2D eigenvalue weighted by molar-refractivity contribution is 6.60. The molecule has 0 radical (unpaired) electrons. The summed E-state index contributed by atoms with van der Waals surface area (Å²) in [4.78, 5) is 11.0. The van der Waals surface area contributed by atoms with Gasteiger partial charge in [-0.05, 0) is 57.9 Å². The summed E-state index contributed by atoms with van der Waals surface area (Å²) in [6.07, 6.45) is 10.7. The molecule has 196 valence electrons. The number of rotatable bonds is 17. The minimum Gasteiger partial charge on any atom is -0.504 e. The summed E-state index contributed by atoms with van der Waals surface area (Å²) in [6, 6.07) is 5.77. The fourth-order valence-corrected chi connectivity index (χ4v) is 5.96. The molecule has 0 saturated carbocycles. The first-order valence-corrected chi connectivity index (χ1v) is 14.5. The molecule has 34 heavy (non-hydrogen) atoms. The van der Waals surface area contributed by atoms with Crippen molar-refractivity contribution in [2.24, 2.45) is 0 Å². The van der Waals surface area contributed by atoms with Crippen LogP contribution in [-0.4, -0.2) is 53.4 Å². The van der Waals surface area contributed by atoms with Crippen LogP contribution in [0.3, 0.4) is 0 Å². The van der Waals surface area contributed by atoms with E-state index in [-0.39, 0.29) is 5.75 Å². The Labute approximate surface area is 207 Å². The molecule has 0 atom stereocenters. The van der Waals surface area contributed by atoms with Crippen molar-refractivity contribution in [3.05, 3.63) is 29.8 Å². The number of phenolic OH excluding ortho intramolecular Hbond substituents is 1. The average Bonchev–Trinajstić information content (AvgIpc) is 2.82. The van der Waals surface area contributed by atoms with Crippen molar-refractivity contribution in [1.82, 2.24) is 0 Å². The van der Waals surface area contributed by atoms with E-state index in [9.17, 15) is 9.90 Å². The van der Waals surface area contributed by atoms with Crippen LogP contribution in [0.5, 0.6) is 11.5 Å². The maximum Gasteiger partial charge on any atom is 0.500 e. The number of esters is 1. The van der Waals surface area contributed by atoms with Crippen LogP contribution < -0.4 is 4.74 Å². The van der Waals surface area contributed by atoms with E-state index in [4.69, 9.17) is 22.8 Å². The van der Waals surface area contributed by atoms with Crippen molar-refractivity contribution in [3.63, 3.8) is 0 Å². The van der Waals surface area contributed by atoms with Crippen LogP contribution in [0.4, 0.5) is 0 Å². The Balaban J connectivity index is 0.000000644. The lowest BCUT2D eigenvalue weighted by Crippen LogP contribution is -2.45. The fourth-order valence-electron chi connectivity index (χ4n) is 3.28. The van der Waals surface area contributed by atoms with E-state index < -0.39 is 14.8 Å². The Morgan fingerprint density at radius 1 is 0.882 bits per heavy atom. The number of methoxy groups -OCH3 is 1. The summed E-state index contributed by atoms with van der Waals surface area (Å²) in [5.41, 5.74) is 0.753. The first-order valence-electron chi connectivity index (χ1n) is 12.5. The van der Waals surface area contributed by atoms with Crippen molar-refractivity contribution >= 4 is 20.8 Å². The van der Waals surface area contributed by atoms with Gasteiger partial charge in [0.15, 0.2) is 11.5 Å². The Bertz CT molecular complexity index is 662. The zero-order valence-corrected chi connectivity index (χ0v) is 23.1. The van der Waals surface area contributed by atoms with Gasteiger partial charge in [0.25, 0.3) is 0 Å². The normalized spacial score (nSPS) is 11.2. The third-order valence-corrected chi connectivity index (χ3v) is 7.98. The molecule has 0 saturated heterocycles. The number of hydrogen-bond acceptors (Lipinski definition) is 7. The first-order chi connectivity index (χ1) is 16.4. The largest absolute Gasteiger partial charge is 0.504 e. The molecular formula is C26H46O7Si. The first kappa shape index (κ1) is 32.1. The monoisotopic (exact) mass is 498 g/mol. The molecule has 8 heteroatoms. The standard InChI is InChI=1S/C14H32O3Si.C12H14O4/c1-5-9-10-11-12-13-14-18(15-6-2,16-7-3)17-8-4;1-3-16-12(14)7-5-9-4-6-10(13)11(8-9)15-2/h5-14H2,1-4H3;4-8,13H,3H2,1-2H3. The molecule has 0 aliphatic rings. The highest BCUT2D eigenvalue weighted by atomic mass is 28.4. The van der Waals surface area contributed by atoms with Gasteiger partial charge in [-0.3, -0.25) is 0 Å². The molecule has 1 N–H and O–H groups in total. The number of ether oxygens (including phenoxy) is 2. The third-order valence-electron chi connectivity index (χ3n) is 4.83. The molecule has 0 aliphatic carbocycles. The van der Waals surface area contributed by atoms with Gasteiger partial charge in [0, 0.05) is 31.9 Å². The van der Waals surface area contributed by atoms with Gasteiger partial charge in [-0.25, -0.2) is 4.79 Å². The number of hydrogen-bond donors (Lipinski definition) is 1. The molecule has 0 bridgehead atoms. The predicted octanol–water partition coefficient (Wildman–Crippen LogP) is 6.37. The Morgan fingerprint density at radius 3 is 2.00 bits per heavy atom. The summed E-state index contributed by atoms with van der Waals surface area (Å²) in [5.74, 6) is 0.0383. The van der Waals surface area contributed by atoms with Crippen molar-refractivity contribution in [3.8, 4) is 11.5 Å². The number of unbranched alkanes of at least 4 members (excludes halogenated alkanes) is 5. The second-order valence-corrected chi connectivity index (χ2v) is 10.2. The third kappa shape index (κ3) is 14.4. The lowest BCUT2D eigenvalue weighted by Gasteiger charge is -2.28. The summed E-state index contributed by atoms with van der Waals surface area (Å²) < 4.78 is 27.2. The van der Waals surface area contributed by atoms with Gasteiger partial charge >= 0.3 is 14.8 Å². The van der Waals surface area contributed by atoms with Crippen LogP contribution in [0.25, 0.3) is 6.08 Å². The second-order valence-electron chi connectivity index (χ2n) is 7.52. The van der Waals surface area contributed by atoms with E-state index in [2.05, 4.69) is 6.92 Å². The van der Waals surface area contributed by atoms with E-state index in [1.807, 2.05) is 20.8 Å². The zero-order chi connectivity index (χ0) is 25.7. The molecule has 0 aromatic heterocycles. The molecule has 0 unspecified atom stereocenters. The van der Waals surface area contributed by atoms with Gasteiger partial charge in [0.1, 0.15) is 0 Å². The topological polar surface area (TPSA) is 83.5 Å². The van der Waals surface area contributed by atoms with E-state index in [1.165, 1.54) is 51.4 Å². The molecular weight excluding hydrogens is 452 g/mol. The van der Waals surface area contributed by atoms with E-state index in [1.54, 1.807) is 25.1 Å².